The fourth-order valence-corrected chi connectivity index (χ4v) is 2.24. The van der Waals surface area contributed by atoms with Gasteiger partial charge in [0.15, 0.2) is 0 Å². The molecule has 82 valence electrons. The molecule has 0 saturated heterocycles. The maximum Gasteiger partial charge on any atom is 0.125 e. The molecule has 2 unspecified atom stereocenters. The van der Waals surface area contributed by atoms with Gasteiger partial charge >= 0.3 is 0 Å². The number of aliphatic hydroxyl groups excluding tert-OH is 1. The lowest BCUT2D eigenvalue weighted by molar-refractivity contribution is 0.0846. The number of aliphatic hydroxyl groups is 1. The van der Waals surface area contributed by atoms with E-state index in [2.05, 4.69) is 21.2 Å². The monoisotopic (exact) mass is 271 g/mol. The Labute approximate surface area is 97.6 Å². The summed E-state index contributed by atoms with van der Waals surface area (Å²) in [5.74, 6) is 0.856. The van der Waals surface area contributed by atoms with Crippen LogP contribution in [0.2, 0.25) is 0 Å². The molecule has 2 rings (SSSR count). The highest BCUT2D eigenvalue weighted by Gasteiger charge is 2.26. The minimum absolute atomic E-state index is 0.0597. The zero-order chi connectivity index (χ0) is 10.8. The Morgan fingerprint density at radius 2 is 2.40 bits per heavy atom. The summed E-state index contributed by atoms with van der Waals surface area (Å²) in [7, 11) is 1.93. The van der Waals surface area contributed by atoms with Gasteiger partial charge in [-0.15, -0.1) is 0 Å². The van der Waals surface area contributed by atoms with E-state index in [1.807, 2.05) is 25.2 Å². The van der Waals surface area contributed by atoms with Crippen LogP contribution in [0.5, 0.6) is 5.75 Å². The fourth-order valence-electron chi connectivity index (χ4n) is 1.90. The molecule has 0 radical (unpaired) electrons. The topological polar surface area (TPSA) is 41.5 Å². The second-order valence-electron chi connectivity index (χ2n) is 3.68. The zero-order valence-electron chi connectivity index (χ0n) is 8.53. The average Bonchev–Trinajstić information content (AvgIpc) is 2.26. The zero-order valence-corrected chi connectivity index (χ0v) is 10.1. The normalized spacial score (nSPS) is 24.5. The predicted octanol–water partition coefficient (Wildman–Crippen LogP) is 1.85. The summed E-state index contributed by atoms with van der Waals surface area (Å²) in [5.41, 5.74) is 1.16. The molecule has 0 aliphatic carbocycles. The van der Waals surface area contributed by atoms with Gasteiger partial charge in [-0.25, -0.2) is 0 Å². The molecular formula is C11H14BrNO2. The third-order valence-corrected chi connectivity index (χ3v) is 3.19. The highest BCUT2D eigenvalue weighted by Crippen LogP contribution is 2.36. The maximum absolute atomic E-state index is 9.13. The van der Waals surface area contributed by atoms with Gasteiger partial charge in [-0.3, -0.25) is 0 Å². The molecule has 2 N–H and O–H groups in total. The number of benzene rings is 1. The molecule has 1 aliphatic rings. The summed E-state index contributed by atoms with van der Waals surface area (Å²) in [6, 6.07) is 6.26. The number of hydrogen-bond acceptors (Lipinski definition) is 3. The first kappa shape index (κ1) is 10.9. The van der Waals surface area contributed by atoms with Crippen molar-refractivity contribution in [1.82, 2.24) is 5.32 Å². The van der Waals surface area contributed by atoms with E-state index in [9.17, 15) is 0 Å². The molecule has 0 aromatic heterocycles. The molecular weight excluding hydrogens is 258 g/mol. The van der Waals surface area contributed by atoms with E-state index in [-0.39, 0.29) is 18.8 Å². The number of rotatable bonds is 2. The SMILES string of the molecule is CNC1CC(CO)Oc2cc(Br)ccc21. The van der Waals surface area contributed by atoms with Crippen LogP contribution >= 0.6 is 15.9 Å². The van der Waals surface area contributed by atoms with Crippen LogP contribution in [-0.2, 0) is 0 Å². The van der Waals surface area contributed by atoms with Crippen LogP contribution in [0.15, 0.2) is 22.7 Å². The van der Waals surface area contributed by atoms with E-state index < -0.39 is 0 Å². The van der Waals surface area contributed by atoms with Crippen LogP contribution in [0.4, 0.5) is 0 Å². The largest absolute Gasteiger partial charge is 0.488 e. The lowest BCUT2D eigenvalue weighted by Crippen LogP contribution is -2.33. The highest BCUT2D eigenvalue weighted by atomic mass is 79.9. The van der Waals surface area contributed by atoms with E-state index in [1.54, 1.807) is 0 Å². The highest BCUT2D eigenvalue weighted by molar-refractivity contribution is 9.10. The molecule has 4 heteroatoms. The van der Waals surface area contributed by atoms with Crippen molar-refractivity contribution in [2.24, 2.45) is 0 Å². The summed E-state index contributed by atoms with van der Waals surface area (Å²) in [6.07, 6.45) is 0.700. The van der Waals surface area contributed by atoms with Gasteiger partial charge < -0.3 is 15.2 Å². The maximum atomic E-state index is 9.13. The number of nitrogens with one attached hydrogen (secondary N) is 1. The number of hydrogen-bond donors (Lipinski definition) is 2. The molecule has 15 heavy (non-hydrogen) atoms. The second kappa shape index (κ2) is 4.51. The molecule has 1 aromatic rings. The van der Waals surface area contributed by atoms with Gasteiger partial charge in [0.2, 0.25) is 0 Å². The van der Waals surface area contributed by atoms with Gasteiger partial charge in [-0.1, -0.05) is 22.0 Å². The number of ether oxygens (including phenoxy) is 1. The third-order valence-electron chi connectivity index (χ3n) is 2.70. The molecule has 0 amide bonds. The Balaban J connectivity index is 2.35. The van der Waals surface area contributed by atoms with Gasteiger partial charge in [-0.05, 0) is 19.2 Å². The summed E-state index contributed by atoms with van der Waals surface area (Å²) >= 11 is 3.41. The van der Waals surface area contributed by atoms with E-state index in [1.165, 1.54) is 0 Å². The lowest BCUT2D eigenvalue weighted by atomic mass is 9.97. The van der Waals surface area contributed by atoms with Gasteiger partial charge in [0.25, 0.3) is 0 Å². The van der Waals surface area contributed by atoms with Crippen molar-refractivity contribution in [2.75, 3.05) is 13.7 Å². The molecule has 0 fully saturated rings. The van der Waals surface area contributed by atoms with Gasteiger partial charge in [0.1, 0.15) is 11.9 Å². The molecule has 0 spiro atoms. The van der Waals surface area contributed by atoms with Crippen molar-refractivity contribution < 1.29 is 9.84 Å². The fraction of sp³-hybridized carbons (Fsp3) is 0.455. The van der Waals surface area contributed by atoms with Gasteiger partial charge in [0, 0.05) is 22.5 Å². The van der Waals surface area contributed by atoms with Crippen molar-refractivity contribution in [3.05, 3.63) is 28.2 Å². The van der Waals surface area contributed by atoms with Crippen molar-refractivity contribution >= 4 is 15.9 Å². The van der Waals surface area contributed by atoms with Crippen LogP contribution < -0.4 is 10.1 Å². The Morgan fingerprint density at radius 1 is 1.60 bits per heavy atom. The Kier molecular flexibility index (Phi) is 3.29. The standard InChI is InChI=1S/C11H14BrNO2/c1-13-10-5-8(6-14)15-11-4-7(12)2-3-9(10)11/h2-4,8,10,13-14H,5-6H2,1H3. The Bertz CT molecular complexity index is 356. The van der Waals surface area contributed by atoms with Gasteiger partial charge in [-0.2, -0.15) is 0 Å². The van der Waals surface area contributed by atoms with Crippen LogP contribution in [-0.4, -0.2) is 24.9 Å². The number of fused-ring (bicyclic) bond motifs is 1. The summed E-state index contributed by atoms with van der Waals surface area (Å²) in [4.78, 5) is 0. The predicted molar refractivity (Wildman–Crippen MR) is 62.1 cm³/mol. The third kappa shape index (κ3) is 2.17. The molecule has 1 aliphatic heterocycles. The van der Waals surface area contributed by atoms with E-state index in [0.717, 1.165) is 22.2 Å². The van der Waals surface area contributed by atoms with E-state index in [4.69, 9.17) is 9.84 Å². The summed E-state index contributed by atoms with van der Waals surface area (Å²) in [5, 5.41) is 12.4. The molecule has 2 atom stereocenters. The Morgan fingerprint density at radius 3 is 3.07 bits per heavy atom. The first-order chi connectivity index (χ1) is 7.24. The van der Waals surface area contributed by atoms with Crippen LogP contribution in [0.1, 0.15) is 18.0 Å². The molecule has 1 aromatic carbocycles. The second-order valence-corrected chi connectivity index (χ2v) is 4.60. The minimum atomic E-state index is -0.107. The molecule has 1 heterocycles. The van der Waals surface area contributed by atoms with E-state index >= 15 is 0 Å². The van der Waals surface area contributed by atoms with Crippen molar-refractivity contribution in [1.29, 1.82) is 0 Å². The van der Waals surface area contributed by atoms with Gasteiger partial charge in [0.05, 0.1) is 6.61 Å². The number of halogens is 1. The van der Waals surface area contributed by atoms with Crippen molar-refractivity contribution in [3.8, 4) is 5.75 Å². The summed E-state index contributed by atoms with van der Waals surface area (Å²) < 4.78 is 6.67. The minimum Gasteiger partial charge on any atom is -0.488 e. The quantitative estimate of drug-likeness (QED) is 0.863. The summed E-state index contributed by atoms with van der Waals surface area (Å²) in [6.45, 7) is 0.0597. The first-order valence-corrected chi connectivity index (χ1v) is 5.78. The smallest absolute Gasteiger partial charge is 0.125 e. The van der Waals surface area contributed by atoms with Crippen molar-refractivity contribution in [3.63, 3.8) is 0 Å². The average molecular weight is 272 g/mol. The molecule has 0 bridgehead atoms. The molecule has 0 saturated carbocycles. The Hall–Kier alpha value is -0.580. The van der Waals surface area contributed by atoms with Crippen LogP contribution in [0, 0.1) is 0 Å². The van der Waals surface area contributed by atoms with Crippen LogP contribution in [0.3, 0.4) is 0 Å². The lowest BCUT2D eigenvalue weighted by Gasteiger charge is -2.31. The van der Waals surface area contributed by atoms with Crippen molar-refractivity contribution in [2.45, 2.75) is 18.6 Å². The van der Waals surface area contributed by atoms with Crippen LogP contribution in [0.25, 0.3) is 0 Å². The van der Waals surface area contributed by atoms with E-state index in [0.29, 0.717) is 0 Å². The molecule has 3 nitrogen and oxygen atoms in total. The first-order valence-electron chi connectivity index (χ1n) is 4.99.